The normalized spacial score (nSPS) is 10.5. The average molecular weight is 312 g/mol. The first-order valence-electron chi connectivity index (χ1n) is 7.44. The van der Waals surface area contributed by atoms with Crippen molar-refractivity contribution in [3.63, 3.8) is 0 Å². The van der Waals surface area contributed by atoms with E-state index in [-0.39, 0.29) is 5.91 Å². The van der Waals surface area contributed by atoms with Crippen LogP contribution in [0.15, 0.2) is 53.6 Å². The van der Waals surface area contributed by atoms with Crippen LogP contribution in [0.5, 0.6) is 11.5 Å². The summed E-state index contributed by atoms with van der Waals surface area (Å²) in [6, 6.07) is 14.4. The number of para-hydroxylation sites is 1. The second-order valence-electron chi connectivity index (χ2n) is 4.79. The van der Waals surface area contributed by atoms with E-state index in [1.54, 1.807) is 37.6 Å². The highest BCUT2D eigenvalue weighted by Crippen LogP contribution is 2.30. The summed E-state index contributed by atoms with van der Waals surface area (Å²) >= 11 is 0. The van der Waals surface area contributed by atoms with Crippen LogP contribution in [0.2, 0.25) is 0 Å². The van der Waals surface area contributed by atoms with Crippen molar-refractivity contribution in [3.05, 3.63) is 59.7 Å². The Bertz CT molecular complexity index is 669. The summed E-state index contributed by atoms with van der Waals surface area (Å²) in [4.78, 5) is 11.9. The summed E-state index contributed by atoms with van der Waals surface area (Å²) in [5.41, 5.74) is 3.80. The van der Waals surface area contributed by atoms with E-state index < -0.39 is 0 Å². The van der Waals surface area contributed by atoms with Gasteiger partial charge in [-0.1, -0.05) is 31.2 Å². The number of ether oxygens (including phenoxy) is 2. The van der Waals surface area contributed by atoms with E-state index in [1.807, 2.05) is 31.2 Å². The van der Waals surface area contributed by atoms with Gasteiger partial charge in [-0.25, -0.2) is 5.43 Å². The van der Waals surface area contributed by atoms with Crippen molar-refractivity contribution in [2.75, 3.05) is 13.7 Å². The molecular formula is C18H20N2O3. The fraction of sp³-hybridized carbons (Fsp3) is 0.222. The Hall–Kier alpha value is -2.82. The summed E-state index contributed by atoms with van der Waals surface area (Å²) < 4.78 is 11.0. The second-order valence-corrected chi connectivity index (χ2v) is 4.79. The van der Waals surface area contributed by atoms with Crippen LogP contribution < -0.4 is 14.9 Å². The molecule has 0 aromatic heterocycles. The van der Waals surface area contributed by atoms with Crippen LogP contribution >= 0.6 is 0 Å². The lowest BCUT2D eigenvalue weighted by Crippen LogP contribution is -2.17. The van der Waals surface area contributed by atoms with Crippen LogP contribution in [0, 0.1) is 0 Å². The van der Waals surface area contributed by atoms with Gasteiger partial charge >= 0.3 is 0 Å². The van der Waals surface area contributed by atoms with Gasteiger partial charge < -0.3 is 9.47 Å². The summed E-state index contributed by atoms with van der Waals surface area (Å²) in [6.07, 6.45) is 2.44. The van der Waals surface area contributed by atoms with Crippen molar-refractivity contribution in [1.29, 1.82) is 0 Å². The molecule has 0 aliphatic heterocycles. The third kappa shape index (κ3) is 4.57. The maximum Gasteiger partial charge on any atom is 0.271 e. The van der Waals surface area contributed by atoms with Gasteiger partial charge in [0.1, 0.15) is 0 Å². The molecule has 2 rings (SSSR count). The molecule has 0 unspecified atom stereocenters. The van der Waals surface area contributed by atoms with Crippen molar-refractivity contribution in [2.45, 2.75) is 13.3 Å². The van der Waals surface area contributed by atoms with E-state index in [9.17, 15) is 4.79 Å². The van der Waals surface area contributed by atoms with Gasteiger partial charge in [-0.15, -0.1) is 0 Å². The fourth-order valence-electron chi connectivity index (χ4n) is 1.97. The van der Waals surface area contributed by atoms with Gasteiger partial charge in [-0.2, -0.15) is 5.10 Å². The molecule has 0 aliphatic carbocycles. The molecule has 0 saturated heterocycles. The SMILES string of the molecule is CCCOc1c(/C=N/NC(=O)c2ccccc2)cccc1OC. The van der Waals surface area contributed by atoms with E-state index >= 15 is 0 Å². The van der Waals surface area contributed by atoms with Crippen molar-refractivity contribution in [3.8, 4) is 11.5 Å². The molecule has 0 bridgehead atoms. The Morgan fingerprint density at radius 3 is 2.65 bits per heavy atom. The number of nitrogens with one attached hydrogen (secondary N) is 1. The number of amides is 1. The monoisotopic (exact) mass is 312 g/mol. The molecule has 1 amide bonds. The third-order valence-corrected chi connectivity index (χ3v) is 3.09. The fourth-order valence-corrected chi connectivity index (χ4v) is 1.97. The molecule has 0 fully saturated rings. The maximum atomic E-state index is 11.9. The van der Waals surface area contributed by atoms with E-state index in [4.69, 9.17) is 9.47 Å². The molecule has 0 atom stereocenters. The van der Waals surface area contributed by atoms with Crippen LogP contribution in [0.1, 0.15) is 29.3 Å². The minimum absolute atomic E-state index is 0.263. The molecule has 2 aromatic carbocycles. The highest BCUT2D eigenvalue weighted by Gasteiger charge is 2.09. The Balaban J connectivity index is 2.11. The lowest BCUT2D eigenvalue weighted by molar-refractivity contribution is 0.0955. The zero-order valence-corrected chi connectivity index (χ0v) is 13.3. The van der Waals surface area contributed by atoms with Gasteiger partial charge in [0.2, 0.25) is 0 Å². The summed E-state index contributed by atoms with van der Waals surface area (Å²) in [5.74, 6) is 0.993. The minimum Gasteiger partial charge on any atom is -0.493 e. The maximum absolute atomic E-state index is 11.9. The Kier molecular flexibility index (Phi) is 6.17. The predicted molar refractivity (Wildman–Crippen MR) is 90.3 cm³/mol. The molecule has 0 radical (unpaired) electrons. The molecule has 0 spiro atoms. The highest BCUT2D eigenvalue weighted by atomic mass is 16.5. The zero-order chi connectivity index (χ0) is 16.5. The molecule has 1 N–H and O–H groups in total. The first-order valence-corrected chi connectivity index (χ1v) is 7.44. The van der Waals surface area contributed by atoms with Gasteiger partial charge in [0.25, 0.3) is 5.91 Å². The molecule has 2 aromatic rings. The van der Waals surface area contributed by atoms with Crippen molar-refractivity contribution in [2.24, 2.45) is 5.10 Å². The largest absolute Gasteiger partial charge is 0.493 e. The van der Waals surface area contributed by atoms with E-state index in [2.05, 4.69) is 10.5 Å². The molecule has 0 saturated carbocycles. The third-order valence-electron chi connectivity index (χ3n) is 3.09. The number of carbonyl (C=O) groups is 1. The molecule has 120 valence electrons. The van der Waals surface area contributed by atoms with Crippen molar-refractivity contribution >= 4 is 12.1 Å². The van der Waals surface area contributed by atoms with Crippen LogP contribution in [-0.4, -0.2) is 25.8 Å². The average Bonchev–Trinajstić information content (AvgIpc) is 2.60. The highest BCUT2D eigenvalue weighted by molar-refractivity contribution is 5.95. The smallest absolute Gasteiger partial charge is 0.271 e. The molecule has 23 heavy (non-hydrogen) atoms. The Labute approximate surface area is 135 Å². The second kappa shape index (κ2) is 8.58. The lowest BCUT2D eigenvalue weighted by Gasteiger charge is -2.12. The van der Waals surface area contributed by atoms with E-state index in [0.29, 0.717) is 23.7 Å². The number of hydrogen-bond donors (Lipinski definition) is 1. The number of carbonyl (C=O) groups excluding carboxylic acids is 1. The number of hydrogen-bond acceptors (Lipinski definition) is 4. The van der Waals surface area contributed by atoms with Gasteiger partial charge in [-0.05, 0) is 30.7 Å². The van der Waals surface area contributed by atoms with E-state index in [1.165, 1.54) is 0 Å². The number of hydrazone groups is 1. The number of nitrogens with zero attached hydrogens (tertiary/aromatic N) is 1. The van der Waals surface area contributed by atoms with Crippen LogP contribution in [-0.2, 0) is 0 Å². The first kappa shape index (κ1) is 16.5. The molecule has 0 aliphatic rings. The van der Waals surface area contributed by atoms with Crippen molar-refractivity contribution in [1.82, 2.24) is 5.43 Å². The van der Waals surface area contributed by atoms with Crippen molar-refractivity contribution < 1.29 is 14.3 Å². The van der Waals surface area contributed by atoms with Crippen LogP contribution in [0.3, 0.4) is 0 Å². The van der Waals surface area contributed by atoms with Crippen LogP contribution in [0.25, 0.3) is 0 Å². The predicted octanol–water partition coefficient (Wildman–Crippen LogP) is 3.25. The topological polar surface area (TPSA) is 59.9 Å². The molecule has 5 nitrogen and oxygen atoms in total. The Morgan fingerprint density at radius 2 is 1.96 bits per heavy atom. The van der Waals surface area contributed by atoms with Gasteiger partial charge in [0, 0.05) is 11.1 Å². The first-order chi connectivity index (χ1) is 11.3. The Morgan fingerprint density at radius 1 is 1.17 bits per heavy atom. The van der Waals surface area contributed by atoms with E-state index in [0.717, 1.165) is 12.0 Å². The summed E-state index contributed by atoms with van der Waals surface area (Å²) in [6.45, 7) is 2.61. The quantitative estimate of drug-likeness (QED) is 0.630. The van der Waals surface area contributed by atoms with Crippen LogP contribution in [0.4, 0.5) is 0 Å². The van der Waals surface area contributed by atoms with Gasteiger partial charge in [0.05, 0.1) is 19.9 Å². The molecule has 0 heterocycles. The summed E-state index contributed by atoms with van der Waals surface area (Å²) in [5, 5.41) is 4.00. The summed E-state index contributed by atoms with van der Waals surface area (Å²) in [7, 11) is 1.59. The lowest BCUT2D eigenvalue weighted by atomic mass is 10.2. The molecular weight excluding hydrogens is 292 g/mol. The van der Waals surface area contributed by atoms with Gasteiger partial charge in [0.15, 0.2) is 11.5 Å². The zero-order valence-electron chi connectivity index (χ0n) is 13.3. The number of benzene rings is 2. The minimum atomic E-state index is -0.263. The number of rotatable bonds is 7. The standard InChI is InChI=1S/C18H20N2O3/c1-3-12-23-17-15(10-7-11-16(17)22-2)13-19-20-18(21)14-8-5-4-6-9-14/h4-11,13H,3,12H2,1-2H3,(H,20,21)/b19-13+. The molecule has 5 heteroatoms. The van der Waals surface area contributed by atoms with Gasteiger partial charge in [-0.3, -0.25) is 4.79 Å². The number of methoxy groups -OCH3 is 1.